The molecule has 0 fully saturated rings. The zero-order valence-electron chi connectivity index (χ0n) is 11.3. The van der Waals surface area contributed by atoms with Crippen LogP contribution in [-0.2, 0) is 11.2 Å². The molecule has 1 atom stereocenters. The minimum atomic E-state index is -0.247. The summed E-state index contributed by atoms with van der Waals surface area (Å²) in [6, 6.07) is 7.70. The van der Waals surface area contributed by atoms with Crippen molar-refractivity contribution >= 4 is 5.97 Å². The average Bonchev–Trinajstić information content (AvgIpc) is 2.37. The fourth-order valence-electron chi connectivity index (χ4n) is 1.90. The lowest BCUT2D eigenvalue weighted by molar-refractivity contribution is 0.0526. The van der Waals surface area contributed by atoms with Crippen molar-refractivity contribution in [2.75, 3.05) is 6.61 Å². The molecule has 0 aliphatic rings. The van der Waals surface area contributed by atoms with Gasteiger partial charge in [-0.15, -0.1) is 6.58 Å². The van der Waals surface area contributed by atoms with Crippen LogP contribution in [0.15, 0.2) is 36.9 Å². The van der Waals surface area contributed by atoms with Crippen LogP contribution in [-0.4, -0.2) is 12.6 Å². The Kier molecular flexibility index (Phi) is 6.20. The molecule has 0 heterocycles. The van der Waals surface area contributed by atoms with Crippen LogP contribution in [0.2, 0.25) is 0 Å². The Labute approximate surface area is 110 Å². The topological polar surface area (TPSA) is 26.3 Å². The first-order valence-corrected chi connectivity index (χ1v) is 6.54. The fraction of sp³-hybridized carbons (Fsp3) is 0.438. The minimum Gasteiger partial charge on any atom is -0.462 e. The van der Waals surface area contributed by atoms with E-state index in [9.17, 15) is 4.79 Å². The summed E-state index contributed by atoms with van der Waals surface area (Å²) in [4.78, 5) is 11.5. The molecule has 0 aromatic heterocycles. The predicted octanol–water partition coefficient (Wildman–Crippen LogP) is 4.01. The Hall–Kier alpha value is -1.57. The lowest BCUT2D eigenvalue weighted by Gasteiger charge is -2.10. The maximum Gasteiger partial charge on any atom is 0.338 e. The highest BCUT2D eigenvalue weighted by Gasteiger charge is 2.07. The summed E-state index contributed by atoms with van der Waals surface area (Å²) < 4.78 is 4.95. The SMILES string of the molecule is C=CCCC(C)Cc1ccc(C(=O)OCC)cc1. The van der Waals surface area contributed by atoms with Gasteiger partial charge >= 0.3 is 5.97 Å². The number of carbonyl (C=O) groups is 1. The molecule has 2 nitrogen and oxygen atoms in total. The summed E-state index contributed by atoms with van der Waals surface area (Å²) >= 11 is 0. The average molecular weight is 246 g/mol. The van der Waals surface area contributed by atoms with Crippen LogP contribution in [0.3, 0.4) is 0 Å². The molecule has 98 valence electrons. The molecule has 1 aromatic carbocycles. The summed E-state index contributed by atoms with van der Waals surface area (Å²) in [5.41, 5.74) is 1.89. The van der Waals surface area contributed by atoms with Crippen LogP contribution >= 0.6 is 0 Å². The lowest BCUT2D eigenvalue weighted by Crippen LogP contribution is -2.05. The van der Waals surface area contributed by atoms with Crippen molar-refractivity contribution in [1.29, 1.82) is 0 Å². The molecule has 18 heavy (non-hydrogen) atoms. The van der Waals surface area contributed by atoms with Crippen molar-refractivity contribution in [3.8, 4) is 0 Å². The largest absolute Gasteiger partial charge is 0.462 e. The summed E-state index contributed by atoms with van der Waals surface area (Å²) in [7, 11) is 0. The summed E-state index contributed by atoms with van der Waals surface area (Å²) in [6.45, 7) is 8.20. The Morgan fingerprint density at radius 3 is 2.61 bits per heavy atom. The Morgan fingerprint density at radius 2 is 2.06 bits per heavy atom. The van der Waals surface area contributed by atoms with Crippen molar-refractivity contribution in [1.82, 2.24) is 0 Å². The number of ether oxygens (including phenoxy) is 1. The number of carbonyl (C=O) groups excluding carboxylic acids is 1. The van der Waals surface area contributed by atoms with Gasteiger partial charge in [0.25, 0.3) is 0 Å². The highest BCUT2D eigenvalue weighted by Crippen LogP contribution is 2.15. The van der Waals surface area contributed by atoms with Crippen LogP contribution in [0.25, 0.3) is 0 Å². The van der Waals surface area contributed by atoms with E-state index in [-0.39, 0.29) is 5.97 Å². The molecule has 0 bridgehead atoms. The van der Waals surface area contributed by atoms with Gasteiger partial charge in [0.15, 0.2) is 0 Å². The number of rotatable bonds is 7. The van der Waals surface area contributed by atoms with Gasteiger partial charge in [-0.2, -0.15) is 0 Å². The first-order chi connectivity index (χ1) is 8.67. The molecule has 0 amide bonds. The summed E-state index contributed by atoms with van der Waals surface area (Å²) in [5, 5.41) is 0. The molecule has 2 heteroatoms. The van der Waals surface area contributed by atoms with Crippen molar-refractivity contribution < 1.29 is 9.53 Å². The monoisotopic (exact) mass is 246 g/mol. The first kappa shape index (κ1) is 14.5. The first-order valence-electron chi connectivity index (χ1n) is 6.54. The predicted molar refractivity (Wildman–Crippen MR) is 74.7 cm³/mol. The van der Waals surface area contributed by atoms with Gasteiger partial charge in [0, 0.05) is 0 Å². The van der Waals surface area contributed by atoms with Crippen LogP contribution in [0.4, 0.5) is 0 Å². The van der Waals surface area contributed by atoms with Gasteiger partial charge < -0.3 is 4.74 Å². The van der Waals surface area contributed by atoms with Crippen molar-refractivity contribution in [2.24, 2.45) is 5.92 Å². The quantitative estimate of drug-likeness (QED) is 0.537. The number of allylic oxidation sites excluding steroid dienone is 1. The van der Waals surface area contributed by atoms with E-state index in [1.807, 2.05) is 37.3 Å². The maximum atomic E-state index is 11.5. The second-order valence-corrected chi connectivity index (χ2v) is 4.59. The second-order valence-electron chi connectivity index (χ2n) is 4.59. The van der Waals surface area contributed by atoms with Crippen molar-refractivity contribution in [2.45, 2.75) is 33.1 Å². The Bertz CT molecular complexity index is 379. The highest BCUT2D eigenvalue weighted by molar-refractivity contribution is 5.89. The zero-order valence-corrected chi connectivity index (χ0v) is 11.3. The minimum absolute atomic E-state index is 0.247. The normalized spacial score (nSPS) is 11.9. The molecule has 0 N–H and O–H groups in total. The standard InChI is InChI=1S/C16H22O2/c1-4-6-7-13(3)12-14-8-10-15(11-9-14)16(17)18-5-2/h4,8-11,13H,1,5-7,12H2,2-3H3. The molecular weight excluding hydrogens is 224 g/mol. The van der Waals surface area contributed by atoms with E-state index in [1.54, 1.807) is 0 Å². The van der Waals surface area contributed by atoms with Crippen molar-refractivity contribution in [3.05, 3.63) is 48.0 Å². The highest BCUT2D eigenvalue weighted by atomic mass is 16.5. The second kappa shape index (κ2) is 7.70. The van der Waals surface area contributed by atoms with Gasteiger partial charge in [0.05, 0.1) is 12.2 Å². The molecule has 0 aliphatic carbocycles. The molecular formula is C16H22O2. The fourth-order valence-corrected chi connectivity index (χ4v) is 1.90. The van der Waals surface area contributed by atoms with Crippen LogP contribution in [0, 0.1) is 5.92 Å². The summed E-state index contributed by atoms with van der Waals surface area (Å²) in [5.74, 6) is 0.389. The third kappa shape index (κ3) is 4.74. The number of benzene rings is 1. The third-order valence-electron chi connectivity index (χ3n) is 2.91. The van der Waals surface area contributed by atoms with E-state index in [4.69, 9.17) is 4.74 Å². The molecule has 0 saturated heterocycles. The molecule has 0 saturated carbocycles. The van der Waals surface area contributed by atoms with Gasteiger partial charge in [0.1, 0.15) is 0 Å². The van der Waals surface area contributed by atoms with Crippen LogP contribution in [0.5, 0.6) is 0 Å². The Morgan fingerprint density at radius 1 is 1.39 bits per heavy atom. The molecule has 1 unspecified atom stereocenters. The number of hydrogen-bond donors (Lipinski definition) is 0. The molecule has 1 aromatic rings. The van der Waals surface area contributed by atoms with Gasteiger partial charge in [-0.1, -0.05) is 25.1 Å². The Balaban J connectivity index is 2.54. The van der Waals surface area contributed by atoms with Gasteiger partial charge in [-0.05, 0) is 49.8 Å². The van der Waals surface area contributed by atoms with E-state index in [0.717, 1.165) is 19.3 Å². The smallest absolute Gasteiger partial charge is 0.338 e. The van der Waals surface area contributed by atoms with E-state index in [1.165, 1.54) is 5.56 Å². The summed E-state index contributed by atoms with van der Waals surface area (Å²) in [6.07, 6.45) is 5.21. The zero-order chi connectivity index (χ0) is 13.4. The molecule has 0 spiro atoms. The van der Waals surface area contributed by atoms with E-state index < -0.39 is 0 Å². The van der Waals surface area contributed by atoms with E-state index >= 15 is 0 Å². The molecule has 1 rings (SSSR count). The molecule has 0 aliphatic heterocycles. The van der Waals surface area contributed by atoms with E-state index in [0.29, 0.717) is 18.1 Å². The van der Waals surface area contributed by atoms with Crippen LogP contribution in [0.1, 0.15) is 42.6 Å². The molecule has 0 radical (unpaired) electrons. The number of hydrogen-bond acceptors (Lipinski definition) is 2. The van der Waals surface area contributed by atoms with E-state index in [2.05, 4.69) is 13.5 Å². The van der Waals surface area contributed by atoms with Crippen LogP contribution < -0.4 is 0 Å². The van der Waals surface area contributed by atoms with Gasteiger partial charge in [-0.25, -0.2) is 4.79 Å². The number of esters is 1. The third-order valence-corrected chi connectivity index (χ3v) is 2.91. The van der Waals surface area contributed by atoms with Gasteiger partial charge in [0.2, 0.25) is 0 Å². The van der Waals surface area contributed by atoms with Crippen molar-refractivity contribution in [3.63, 3.8) is 0 Å². The maximum absolute atomic E-state index is 11.5. The van der Waals surface area contributed by atoms with Gasteiger partial charge in [-0.3, -0.25) is 0 Å². The lowest BCUT2D eigenvalue weighted by atomic mass is 9.96.